The Morgan fingerprint density at radius 3 is 0.766 bits per heavy atom. The van der Waals surface area contributed by atoms with Crippen molar-refractivity contribution in [1.29, 1.82) is 0 Å². The largest absolute Gasteiger partial charge is 0.263 e. The molecule has 0 aliphatic heterocycles. The van der Waals surface area contributed by atoms with E-state index in [0.717, 1.165) is 22.3 Å². The molecule has 0 amide bonds. The second kappa shape index (κ2) is 19.4. The Morgan fingerprint density at radius 2 is 0.547 bits per heavy atom. The maximum absolute atomic E-state index is 4.23. The van der Waals surface area contributed by atoms with Gasteiger partial charge in [-0.1, -0.05) is 131 Å². The molecule has 6 aromatic carbocycles. The third kappa shape index (κ3) is 9.84. The fourth-order valence-electron chi connectivity index (χ4n) is 9.77. The van der Waals surface area contributed by atoms with Gasteiger partial charge in [0.25, 0.3) is 0 Å². The summed E-state index contributed by atoms with van der Waals surface area (Å²) in [4.78, 5) is 8.46. The van der Waals surface area contributed by atoms with E-state index in [-0.39, 0.29) is 0 Å². The second-order valence-electron chi connectivity index (χ2n) is 17.5. The van der Waals surface area contributed by atoms with Gasteiger partial charge in [0.2, 0.25) is 0 Å². The first-order chi connectivity index (χ1) is 30.7. The molecule has 0 aliphatic carbocycles. The average molecular weight is 831 g/mol. The van der Waals surface area contributed by atoms with Gasteiger partial charge in [-0.3, -0.25) is 9.97 Å². The first-order valence-corrected chi connectivity index (χ1v) is 22.1. The third-order valence-corrected chi connectivity index (χ3v) is 11.9. The first kappa shape index (κ1) is 44.8. The summed E-state index contributed by atoms with van der Waals surface area (Å²) in [7, 11) is 0. The molecule has 0 fully saturated rings. The maximum Gasteiger partial charge on any atom is 0.0432 e. The summed E-state index contributed by atoms with van der Waals surface area (Å²) in [6.07, 6.45) is 7.20. The van der Waals surface area contributed by atoms with Crippen LogP contribution in [-0.4, -0.2) is 9.97 Å². The van der Waals surface area contributed by atoms with Crippen LogP contribution in [-0.2, 0) is 0 Å². The molecule has 0 atom stereocenters. The van der Waals surface area contributed by atoms with Gasteiger partial charge in [0.1, 0.15) is 0 Å². The maximum atomic E-state index is 4.23. The zero-order valence-corrected chi connectivity index (χ0v) is 39.6. The summed E-state index contributed by atoms with van der Waals surface area (Å²) < 4.78 is 0. The van der Waals surface area contributed by atoms with Crippen LogP contribution in [0.5, 0.6) is 0 Å². The van der Waals surface area contributed by atoms with Crippen molar-refractivity contribution in [1.82, 2.24) is 9.97 Å². The monoisotopic (exact) mass is 830 g/mol. The van der Waals surface area contributed by atoms with Crippen molar-refractivity contribution in [3.05, 3.63) is 223 Å². The minimum atomic E-state index is 0.919. The van der Waals surface area contributed by atoms with Crippen molar-refractivity contribution in [2.24, 2.45) is 0 Å². The average Bonchev–Trinajstić information content (AvgIpc) is 3.23. The van der Waals surface area contributed by atoms with Crippen LogP contribution in [0, 0.1) is 107 Å². The van der Waals surface area contributed by atoms with Gasteiger partial charge in [0.15, 0.2) is 0 Å². The molecule has 0 saturated carbocycles. The molecule has 0 aliphatic rings. The number of rotatable bonds is 4. The summed E-state index contributed by atoms with van der Waals surface area (Å²) in [6.45, 7) is 26.2. The molecule has 0 saturated heterocycles. The van der Waals surface area contributed by atoms with E-state index in [2.05, 4.69) is 202 Å². The van der Waals surface area contributed by atoms with Crippen molar-refractivity contribution >= 4 is 0 Å². The van der Waals surface area contributed by atoms with Crippen LogP contribution in [0.15, 0.2) is 134 Å². The lowest BCUT2D eigenvalue weighted by molar-refractivity contribution is 1.30. The molecule has 2 heterocycles. The Morgan fingerprint density at radius 1 is 0.297 bits per heavy atom. The van der Waals surface area contributed by atoms with Gasteiger partial charge in [-0.2, -0.15) is 0 Å². The van der Waals surface area contributed by atoms with Gasteiger partial charge in [-0.25, -0.2) is 0 Å². The van der Waals surface area contributed by atoms with Crippen LogP contribution >= 0.6 is 0 Å². The van der Waals surface area contributed by atoms with Gasteiger partial charge in [-0.05, 0) is 196 Å². The van der Waals surface area contributed by atoms with Crippen LogP contribution in [0.4, 0.5) is 0 Å². The normalized spacial score (nSPS) is 10.6. The molecule has 8 aromatic rings. The molecule has 8 rings (SSSR count). The van der Waals surface area contributed by atoms with E-state index >= 15 is 0 Å². The standard InChI is InChI=1S/2C31H29N/c2*1-20-15-22(3)30(23(4)16-20)28-10-7-11-29(31-24(5)17-21(2)18-25(31)6)27(28)13-12-26-9-8-14-32-19-26/h2*7-11,14-19H,1-6H3. The number of hydrogen-bond acceptors (Lipinski definition) is 2. The quantitative estimate of drug-likeness (QED) is 0.165. The lowest BCUT2D eigenvalue weighted by Crippen LogP contribution is -1.98. The van der Waals surface area contributed by atoms with Crippen molar-refractivity contribution in [2.75, 3.05) is 0 Å². The SMILES string of the molecule is Cc1cc(C)c(-c2cccc(-c3c(C)cc(C)cc3C)c2C#Cc2cccnc2)c(C)c1.Cc1cc(C)c(-c2cccc(-c3c(C)cc(C)cc3C)c2C#Cc2cccnc2)c(C)c1. The highest BCUT2D eigenvalue weighted by Crippen LogP contribution is 2.40. The van der Waals surface area contributed by atoms with Gasteiger partial charge >= 0.3 is 0 Å². The minimum absolute atomic E-state index is 0.919. The van der Waals surface area contributed by atoms with E-state index in [0.29, 0.717) is 0 Å². The fraction of sp³-hybridized carbons (Fsp3) is 0.194. The topological polar surface area (TPSA) is 25.8 Å². The number of aryl methyl sites for hydroxylation is 12. The molecule has 2 aromatic heterocycles. The number of nitrogens with zero attached hydrogens (tertiary/aromatic N) is 2. The van der Waals surface area contributed by atoms with Crippen LogP contribution < -0.4 is 0 Å². The van der Waals surface area contributed by atoms with E-state index in [4.69, 9.17) is 0 Å². The molecule has 0 spiro atoms. The van der Waals surface area contributed by atoms with E-state index < -0.39 is 0 Å². The molecular weight excluding hydrogens is 773 g/mol. The highest BCUT2D eigenvalue weighted by molar-refractivity contribution is 5.89. The lowest BCUT2D eigenvalue weighted by atomic mass is 9.85. The summed E-state index contributed by atoms with van der Waals surface area (Å²) in [5, 5.41) is 0. The summed E-state index contributed by atoms with van der Waals surface area (Å²) in [5.74, 6) is 13.8. The molecule has 2 heteroatoms. The van der Waals surface area contributed by atoms with Crippen molar-refractivity contribution < 1.29 is 0 Å². The first-order valence-electron chi connectivity index (χ1n) is 22.1. The second-order valence-corrected chi connectivity index (χ2v) is 17.5. The van der Waals surface area contributed by atoms with Crippen molar-refractivity contribution in [3.63, 3.8) is 0 Å². The Bertz CT molecular complexity index is 2700. The minimum Gasteiger partial charge on any atom is -0.263 e. The van der Waals surface area contributed by atoms with Crippen LogP contribution in [0.1, 0.15) is 89.0 Å². The Kier molecular flexibility index (Phi) is 13.6. The smallest absolute Gasteiger partial charge is 0.0432 e. The predicted octanol–water partition coefficient (Wildman–Crippen LogP) is 15.3. The highest BCUT2D eigenvalue weighted by Gasteiger charge is 2.19. The summed E-state index contributed by atoms with van der Waals surface area (Å²) in [6, 6.07) is 39.1. The number of hydrogen-bond donors (Lipinski definition) is 0. The van der Waals surface area contributed by atoms with Gasteiger partial charge in [0.05, 0.1) is 0 Å². The molecule has 0 bridgehead atoms. The van der Waals surface area contributed by atoms with Crippen LogP contribution in [0.25, 0.3) is 44.5 Å². The molecule has 0 unspecified atom stereocenters. The van der Waals surface area contributed by atoms with E-state index in [1.807, 2.05) is 36.7 Å². The molecule has 2 nitrogen and oxygen atoms in total. The van der Waals surface area contributed by atoms with Crippen LogP contribution in [0.3, 0.4) is 0 Å². The fourth-order valence-corrected chi connectivity index (χ4v) is 9.77. The van der Waals surface area contributed by atoms with Gasteiger partial charge in [-0.15, -0.1) is 0 Å². The van der Waals surface area contributed by atoms with Gasteiger partial charge < -0.3 is 0 Å². The van der Waals surface area contributed by atoms with E-state index in [1.165, 1.54) is 111 Å². The lowest BCUT2D eigenvalue weighted by Gasteiger charge is -2.19. The Labute approximate surface area is 382 Å². The van der Waals surface area contributed by atoms with Crippen LogP contribution in [0.2, 0.25) is 0 Å². The number of pyridine rings is 2. The third-order valence-electron chi connectivity index (χ3n) is 11.9. The molecule has 0 radical (unpaired) electrons. The zero-order chi connectivity index (χ0) is 45.7. The zero-order valence-electron chi connectivity index (χ0n) is 39.6. The van der Waals surface area contributed by atoms with Gasteiger partial charge in [0, 0.05) is 47.0 Å². The molecule has 0 N–H and O–H groups in total. The summed E-state index contributed by atoms with van der Waals surface area (Å²) in [5.41, 5.74) is 29.2. The van der Waals surface area contributed by atoms with Crippen molar-refractivity contribution in [3.8, 4) is 68.2 Å². The molecule has 316 valence electrons. The van der Waals surface area contributed by atoms with Crippen molar-refractivity contribution in [2.45, 2.75) is 83.1 Å². The van der Waals surface area contributed by atoms with E-state index in [1.54, 1.807) is 12.4 Å². The molecular formula is C62H58N2. The summed E-state index contributed by atoms with van der Waals surface area (Å²) >= 11 is 0. The molecule has 64 heavy (non-hydrogen) atoms. The predicted molar refractivity (Wildman–Crippen MR) is 272 cm³/mol. The number of aromatic nitrogens is 2. The highest BCUT2D eigenvalue weighted by atomic mass is 14.6. The Balaban J connectivity index is 0.000000191. The van der Waals surface area contributed by atoms with E-state index in [9.17, 15) is 0 Å². The Hall–Kier alpha value is -7.26. The number of benzene rings is 6.